The molecule has 0 fully saturated rings. The van der Waals surface area contributed by atoms with Crippen molar-refractivity contribution in [2.45, 2.75) is 38.5 Å². The molecule has 0 spiro atoms. The second kappa shape index (κ2) is 8.78. The molecule has 0 amide bonds. The van der Waals surface area contributed by atoms with E-state index in [0.717, 1.165) is 11.3 Å². The number of ketones is 1. The van der Waals surface area contributed by atoms with E-state index in [9.17, 15) is 19.7 Å². The summed E-state index contributed by atoms with van der Waals surface area (Å²) in [6, 6.07) is 16.0. The quantitative estimate of drug-likeness (QED) is 0.424. The van der Waals surface area contributed by atoms with Gasteiger partial charge in [-0.1, -0.05) is 42.5 Å². The van der Waals surface area contributed by atoms with Crippen LogP contribution in [0.15, 0.2) is 77.1 Å². The summed E-state index contributed by atoms with van der Waals surface area (Å²) in [6.45, 7) is 3.68. The molecule has 1 heterocycles. The van der Waals surface area contributed by atoms with Crippen molar-refractivity contribution in [3.63, 3.8) is 0 Å². The normalized spacial score (nSPS) is 20.5. The van der Waals surface area contributed by atoms with E-state index < -0.39 is 16.8 Å². The molecule has 0 unspecified atom stereocenters. The summed E-state index contributed by atoms with van der Waals surface area (Å²) in [6.07, 6.45) is 0.926. The highest BCUT2D eigenvalue weighted by Gasteiger charge is 2.41. The lowest BCUT2D eigenvalue weighted by molar-refractivity contribution is -0.384. The van der Waals surface area contributed by atoms with E-state index in [1.54, 1.807) is 26.0 Å². The first kappa shape index (κ1) is 21.5. The summed E-state index contributed by atoms with van der Waals surface area (Å²) >= 11 is 0. The molecule has 0 aromatic heterocycles. The fraction of sp³-hybridized carbons (Fsp3) is 0.280. The van der Waals surface area contributed by atoms with E-state index in [1.165, 1.54) is 12.1 Å². The molecule has 7 heteroatoms. The minimum atomic E-state index is -0.713. The maximum absolute atomic E-state index is 13.4. The molecule has 0 bridgehead atoms. The van der Waals surface area contributed by atoms with Crippen LogP contribution in [0.4, 0.5) is 5.69 Å². The van der Waals surface area contributed by atoms with Gasteiger partial charge in [0.2, 0.25) is 0 Å². The van der Waals surface area contributed by atoms with Crippen molar-refractivity contribution < 1.29 is 19.2 Å². The number of carbonyl (C=O) groups excluding carboxylic acids is 2. The Morgan fingerprint density at radius 1 is 1.12 bits per heavy atom. The monoisotopic (exact) mass is 432 g/mol. The number of nitro groups is 1. The number of dihydropyridines is 1. The van der Waals surface area contributed by atoms with E-state index in [4.69, 9.17) is 4.74 Å². The van der Waals surface area contributed by atoms with Crippen LogP contribution in [0, 0.1) is 10.1 Å². The summed E-state index contributed by atoms with van der Waals surface area (Å²) in [5.74, 6) is -1.29. The highest BCUT2D eigenvalue weighted by molar-refractivity contribution is 6.04. The Hall–Kier alpha value is -3.74. The Morgan fingerprint density at radius 2 is 1.84 bits per heavy atom. The largest absolute Gasteiger partial charge is 0.463 e. The maximum atomic E-state index is 13.4. The van der Waals surface area contributed by atoms with Crippen LogP contribution >= 0.6 is 0 Å². The van der Waals surface area contributed by atoms with Crippen molar-refractivity contribution in [1.82, 2.24) is 5.32 Å². The van der Waals surface area contributed by atoms with Crippen LogP contribution in [0.25, 0.3) is 0 Å². The van der Waals surface area contributed by atoms with Crippen LogP contribution in [0.1, 0.15) is 49.7 Å². The van der Waals surface area contributed by atoms with Gasteiger partial charge in [0, 0.05) is 41.4 Å². The SMILES string of the molecule is CCOC(=O)C1=C(C)NC2=C(C(=O)C[C@@H](c3ccccc3)C2)[C@@H]1c1cccc([N+](=O)[O-])c1. The van der Waals surface area contributed by atoms with Crippen molar-refractivity contribution in [2.24, 2.45) is 0 Å². The van der Waals surface area contributed by atoms with Gasteiger partial charge in [-0.25, -0.2) is 4.79 Å². The number of carbonyl (C=O) groups is 2. The minimum absolute atomic E-state index is 0.0256. The van der Waals surface area contributed by atoms with Crippen LogP contribution < -0.4 is 5.32 Å². The molecule has 1 N–H and O–H groups in total. The first-order valence-electron chi connectivity index (χ1n) is 10.6. The molecule has 1 aliphatic heterocycles. The Balaban J connectivity index is 1.83. The van der Waals surface area contributed by atoms with Gasteiger partial charge in [0.25, 0.3) is 5.69 Å². The maximum Gasteiger partial charge on any atom is 0.336 e. The van der Waals surface area contributed by atoms with Gasteiger partial charge in [-0.2, -0.15) is 0 Å². The molecule has 2 aromatic carbocycles. The van der Waals surface area contributed by atoms with Crippen molar-refractivity contribution in [3.05, 3.63) is 98.4 Å². The summed E-state index contributed by atoms with van der Waals surface area (Å²) in [5.41, 5.74) is 3.69. The number of rotatable bonds is 5. The van der Waals surface area contributed by atoms with Crippen molar-refractivity contribution in [1.29, 1.82) is 0 Å². The Bertz CT molecular complexity index is 1150. The molecule has 164 valence electrons. The summed E-state index contributed by atoms with van der Waals surface area (Å²) in [7, 11) is 0. The number of nitrogens with one attached hydrogen (secondary N) is 1. The molecule has 32 heavy (non-hydrogen) atoms. The van der Waals surface area contributed by atoms with Gasteiger partial charge < -0.3 is 10.1 Å². The zero-order chi connectivity index (χ0) is 22.8. The topological polar surface area (TPSA) is 98.5 Å². The third-order valence-electron chi connectivity index (χ3n) is 6.01. The number of nitrogens with zero attached hydrogens (tertiary/aromatic N) is 1. The number of hydrogen-bond donors (Lipinski definition) is 1. The fourth-order valence-electron chi connectivity index (χ4n) is 4.63. The number of ether oxygens (including phenoxy) is 1. The van der Waals surface area contributed by atoms with E-state index in [2.05, 4.69) is 5.32 Å². The van der Waals surface area contributed by atoms with Crippen LogP contribution in [0.2, 0.25) is 0 Å². The number of Topliss-reactive ketones (excluding diaryl/α,β-unsaturated/α-hetero) is 1. The molecule has 0 saturated carbocycles. The van der Waals surface area contributed by atoms with Gasteiger partial charge in [-0.05, 0) is 37.3 Å². The predicted octanol–water partition coefficient (Wildman–Crippen LogP) is 4.52. The number of esters is 1. The third kappa shape index (κ3) is 3.93. The second-order valence-electron chi connectivity index (χ2n) is 8.00. The van der Waals surface area contributed by atoms with Gasteiger partial charge in [0.15, 0.2) is 5.78 Å². The molecule has 4 rings (SSSR count). The van der Waals surface area contributed by atoms with Crippen LogP contribution in [0.5, 0.6) is 0 Å². The van der Waals surface area contributed by atoms with E-state index in [1.807, 2.05) is 30.3 Å². The van der Waals surface area contributed by atoms with E-state index >= 15 is 0 Å². The number of benzene rings is 2. The first-order valence-corrected chi connectivity index (χ1v) is 10.6. The second-order valence-corrected chi connectivity index (χ2v) is 8.00. The molecule has 0 radical (unpaired) electrons. The third-order valence-corrected chi connectivity index (χ3v) is 6.01. The molecule has 7 nitrogen and oxygen atoms in total. The molecule has 2 aliphatic rings. The zero-order valence-corrected chi connectivity index (χ0v) is 18.0. The summed E-state index contributed by atoms with van der Waals surface area (Å²) in [4.78, 5) is 37.2. The van der Waals surface area contributed by atoms with Gasteiger partial charge >= 0.3 is 5.97 Å². The average molecular weight is 432 g/mol. The molecule has 2 atom stereocenters. The molecular weight excluding hydrogens is 408 g/mol. The predicted molar refractivity (Wildman–Crippen MR) is 119 cm³/mol. The van der Waals surface area contributed by atoms with E-state index in [-0.39, 0.29) is 24.0 Å². The van der Waals surface area contributed by atoms with E-state index in [0.29, 0.717) is 35.2 Å². The zero-order valence-electron chi connectivity index (χ0n) is 18.0. The number of allylic oxidation sites excluding steroid dienone is 3. The molecule has 2 aromatic rings. The van der Waals surface area contributed by atoms with Gasteiger partial charge in [0.1, 0.15) is 0 Å². The van der Waals surface area contributed by atoms with Gasteiger partial charge in [0.05, 0.1) is 17.1 Å². The van der Waals surface area contributed by atoms with Crippen molar-refractivity contribution in [3.8, 4) is 0 Å². The lowest BCUT2D eigenvalue weighted by atomic mass is 9.71. The fourth-order valence-corrected chi connectivity index (χ4v) is 4.63. The molecule has 1 aliphatic carbocycles. The van der Waals surface area contributed by atoms with Crippen molar-refractivity contribution >= 4 is 17.4 Å². The van der Waals surface area contributed by atoms with Crippen LogP contribution in [0.3, 0.4) is 0 Å². The van der Waals surface area contributed by atoms with Crippen LogP contribution in [-0.4, -0.2) is 23.3 Å². The lowest BCUT2D eigenvalue weighted by Crippen LogP contribution is -2.36. The molecule has 0 saturated heterocycles. The summed E-state index contributed by atoms with van der Waals surface area (Å²) < 4.78 is 5.28. The highest BCUT2D eigenvalue weighted by Crippen LogP contribution is 2.46. The first-order chi connectivity index (χ1) is 15.4. The standard InChI is InChI=1S/C25H24N2O5/c1-3-32-25(29)22-15(2)26-20-13-18(16-8-5-4-6-9-16)14-21(28)24(20)23(22)17-10-7-11-19(12-17)27(30)31/h4-12,18,23,26H,3,13-14H2,1-2H3/t18-,23+/m0/s1. The highest BCUT2D eigenvalue weighted by atomic mass is 16.6. The lowest BCUT2D eigenvalue weighted by Gasteiger charge is -2.36. The average Bonchev–Trinajstić information content (AvgIpc) is 2.78. The molecular formula is C25H24N2O5. The Kier molecular flexibility index (Phi) is 5.90. The Morgan fingerprint density at radius 3 is 2.53 bits per heavy atom. The number of non-ortho nitro benzene ring substituents is 1. The minimum Gasteiger partial charge on any atom is -0.463 e. The smallest absolute Gasteiger partial charge is 0.336 e. The number of hydrogen-bond acceptors (Lipinski definition) is 6. The Labute approximate surface area is 185 Å². The van der Waals surface area contributed by atoms with Crippen LogP contribution in [-0.2, 0) is 14.3 Å². The van der Waals surface area contributed by atoms with Gasteiger partial charge in [-0.3, -0.25) is 14.9 Å². The van der Waals surface area contributed by atoms with Gasteiger partial charge in [-0.15, -0.1) is 0 Å². The number of nitro benzene ring substituents is 1. The van der Waals surface area contributed by atoms with Crippen molar-refractivity contribution in [2.75, 3.05) is 6.61 Å². The summed E-state index contributed by atoms with van der Waals surface area (Å²) in [5, 5.41) is 14.7.